The maximum Gasteiger partial charge on any atom is 0.325 e. The van der Waals surface area contributed by atoms with Gasteiger partial charge in [-0.25, -0.2) is 0 Å². The third-order valence-electron chi connectivity index (χ3n) is 4.49. The van der Waals surface area contributed by atoms with Crippen LogP contribution in [0, 0.1) is 5.92 Å². The molecule has 0 bridgehead atoms. The van der Waals surface area contributed by atoms with Crippen LogP contribution < -0.4 is 0 Å². The molecule has 4 heteroatoms. The van der Waals surface area contributed by atoms with Gasteiger partial charge in [-0.1, -0.05) is 60.7 Å². The summed E-state index contributed by atoms with van der Waals surface area (Å²) >= 11 is 0. The molecule has 1 aliphatic rings. The molecule has 0 radical (unpaired) electrons. The maximum atomic E-state index is 13.0. The van der Waals surface area contributed by atoms with Crippen LogP contribution in [0.5, 0.6) is 0 Å². The lowest BCUT2D eigenvalue weighted by Gasteiger charge is -2.22. The predicted octanol–water partition coefficient (Wildman–Crippen LogP) is 3.38. The van der Waals surface area contributed by atoms with Crippen molar-refractivity contribution in [1.82, 2.24) is 4.90 Å². The molecule has 2 aromatic rings. The summed E-state index contributed by atoms with van der Waals surface area (Å²) < 4.78 is 5.04. The number of esters is 1. The highest BCUT2D eigenvalue weighted by Gasteiger charge is 2.45. The summed E-state index contributed by atoms with van der Waals surface area (Å²) in [7, 11) is 0. The van der Waals surface area contributed by atoms with E-state index in [-0.39, 0.29) is 30.3 Å². The third kappa shape index (κ3) is 4.47. The van der Waals surface area contributed by atoms with Gasteiger partial charge in [0.15, 0.2) is 0 Å². The maximum absolute atomic E-state index is 13.0. The number of carbonyl (C=O) groups excluding carboxylic acids is 2. The molecule has 1 saturated carbocycles. The first-order valence-electron chi connectivity index (χ1n) is 8.72. The highest BCUT2D eigenvalue weighted by atomic mass is 16.5. The minimum absolute atomic E-state index is 0.000419. The number of hydrogen-bond donors (Lipinski definition) is 0. The van der Waals surface area contributed by atoms with Gasteiger partial charge in [-0.05, 0) is 30.4 Å². The molecule has 1 amide bonds. The van der Waals surface area contributed by atoms with E-state index in [1.165, 1.54) is 5.56 Å². The molecular weight excluding hydrogens is 314 g/mol. The summed E-state index contributed by atoms with van der Waals surface area (Å²) in [5.74, 6) is -0.107. The predicted molar refractivity (Wildman–Crippen MR) is 95.8 cm³/mol. The number of rotatable bonds is 7. The van der Waals surface area contributed by atoms with Crippen molar-refractivity contribution in [2.24, 2.45) is 5.92 Å². The molecule has 2 atom stereocenters. The van der Waals surface area contributed by atoms with Crippen LogP contribution >= 0.6 is 0 Å². The minimum Gasteiger partial charge on any atom is -0.465 e. The summed E-state index contributed by atoms with van der Waals surface area (Å²) in [6, 6.07) is 19.8. The minimum atomic E-state index is -0.358. The Labute approximate surface area is 148 Å². The van der Waals surface area contributed by atoms with E-state index in [4.69, 9.17) is 4.74 Å². The van der Waals surface area contributed by atoms with Gasteiger partial charge in [0.05, 0.1) is 6.61 Å². The summed E-state index contributed by atoms with van der Waals surface area (Å²) in [4.78, 5) is 26.5. The first-order chi connectivity index (χ1) is 12.2. The summed E-state index contributed by atoms with van der Waals surface area (Å²) in [6.45, 7) is 2.52. The van der Waals surface area contributed by atoms with Crippen molar-refractivity contribution in [2.45, 2.75) is 25.8 Å². The van der Waals surface area contributed by atoms with Gasteiger partial charge >= 0.3 is 5.97 Å². The van der Waals surface area contributed by atoms with Crippen LogP contribution in [0.3, 0.4) is 0 Å². The van der Waals surface area contributed by atoms with E-state index in [9.17, 15) is 9.59 Å². The molecule has 0 heterocycles. The van der Waals surface area contributed by atoms with Gasteiger partial charge in [-0.15, -0.1) is 0 Å². The van der Waals surface area contributed by atoms with Crippen molar-refractivity contribution < 1.29 is 14.3 Å². The van der Waals surface area contributed by atoms with Crippen LogP contribution in [0.4, 0.5) is 0 Å². The first-order valence-corrected chi connectivity index (χ1v) is 8.72. The van der Waals surface area contributed by atoms with Gasteiger partial charge in [0.2, 0.25) is 5.91 Å². The highest BCUT2D eigenvalue weighted by Crippen LogP contribution is 2.48. The fraction of sp³-hybridized carbons (Fsp3) is 0.333. The average molecular weight is 337 g/mol. The number of hydrogen-bond acceptors (Lipinski definition) is 3. The molecule has 4 nitrogen and oxygen atoms in total. The Morgan fingerprint density at radius 2 is 1.68 bits per heavy atom. The smallest absolute Gasteiger partial charge is 0.325 e. The molecule has 0 spiro atoms. The van der Waals surface area contributed by atoms with Crippen LogP contribution in [-0.4, -0.2) is 29.9 Å². The first kappa shape index (κ1) is 17.2. The molecule has 3 rings (SSSR count). The van der Waals surface area contributed by atoms with Crippen molar-refractivity contribution in [3.8, 4) is 0 Å². The second-order valence-corrected chi connectivity index (χ2v) is 6.34. The number of amides is 1. The fourth-order valence-corrected chi connectivity index (χ4v) is 3.15. The van der Waals surface area contributed by atoms with Crippen molar-refractivity contribution in [1.29, 1.82) is 0 Å². The van der Waals surface area contributed by atoms with E-state index >= 15 is 0 Å². The van der Waals surface area contributed by atoms with Crippen LogP contribution in [0.2, 0.25) is 0 Å². The Kier molecular flexibility index (Phi) is 5.49. The monoisotopic (exact) mass is 337 g/mol. The van der Waals surface area contributed by atoms with Crippen molar-refractivity contribution in [2.75, 3.05) is 13.2 Å². The van der Waals surface area contributed by atoms with E-state index < -0.39 is 0 Å². The quantitative estimate of drug-likeness (QED) is 0.728. The number of nitrogens with zero attached hydrogens (tertiary/aromatic N) is 1. The SMILES string of the molecule is CCOC(=O)CN(Cc1ccccc1)C(=O)C1CC1c1ccccc1. The average Bonchev–Trinajstić information content (AvgIpc) is 3.43. The number of ether oxygens (including phenoxy) is 1. The van der Waals surface area contributed by atoms with E-state index in [0.29, 0.717) is 13.2 Å². The van der Waals surface area contributed by atoms with Gasteiger partial charge in [0.1, 0.15) is 6.54 Å². The molecule has 2 unspecified atom stereocenters. The molecular formula is C21H23NO3. The zero-order valence-corrected chi connectivity index (χ0v) is 14.4. The lowest BCUT2D eigenvalue weighted by Crippen LogP contribution is -2.37. The van der Waals surface area contributed by atoms with Gasteiger partial charge in [0.25, 0.3) is 0 Å². The largest absolute Gasteiger partial charge is 0.465 e. The highest BCUT2D eigenvalue weighted by molar-refractivity contribution is 5.86. The van der Waals surface area contributed by atoms with Gasteiger partial charge in [0, 0.05) is 12.5 Å². The van der Waals surface area contributed by atoms with E-state index in [1.54, 1.807) is 11.8 Å². The molecule has 1 aliphatic carbocycles. The number of benzene rings is 2. The second-order valence-electron chi connectivity index (χ2n) is 6.34. The second kappa shape index (κ2) is 7.97. The lowest BCUT2D eigenvalue weighted by molar-refractivity contribution is -0.149. The molecule has 2 aromatic carbocycles. The molecule has 130 valence electrons. The van der Waals surface area contributed by atoms with E-state index in [2.05, 4.69) is 12.1 Å². The van der Waals surface area contributed by atoms with Crippen molar-refractivity contribution in [3.05, 3.63) is 71.8 Å². The normalized spacial score (nSPS) is 18.4. The summed E-state index contributed by atoms with van der Waals surface area (Å²) in [5, 5.41) is 0. The molecule has 0 saturated heterocycles. The zero-order valence-electron chi connectivity index (χ0n) is 14.4. The fourth-order valence-electron chi connectivity index (χ4n) is 3.15. The summed E-state index contributed by atoms with van der Waals surface area (Å²) in [5.41, 5.74) is 2.20. The molecule has 0 N–H and O–H groups in total. The van der Waals surface area contributed by atoms with Crippen LogP contribution in [0.15, 0.2) is 60.7 Å². The Bertz CT molecular complexity index is 714. The molecule has 0 aliphatic heterocycles. The zero-order chi connectivity index (χ0) is 17.6. The van der Waals surface area contributed by atoms with Crippen molar-refractivity contribution in [3.63, 3.8) is 0 Å². The van der Waals surface area contributed by atoms with E-state index in [0.717, 1.165) is 12.0 Å². The Morgan fingerprint density at radius 3 is 2.32 bits per heavy atom. The van der Waals surface area contributed by atoms with Gasteiger partial charge < -0.3 is 9.64 Å². The standard InChI is InChI=1S/C21H23NO3/c1-2-25-20(23)15-22(14-16-9-5-3-6-10-16)21(24)19-13-18(19)17-11-7-4-8-12-17/h3-12,18-19H,2,13-15H2,1H3. The Hall–Kier alpha value is -2.62. The van der Waals surface area contributed by atoms with Crippen LogP contribution in [0.1, 0.15) is 30.4 Å². The Morgan fingerprint density at radius 1 is 1.04 bits per heavy atom. The van der Waals surface area contributed by atoms with Crippen molar-refractivity contribution >= 4 is 11.9 Å². The van der Waals surface area contributed by atoms with Gasteiger partial charge in [-0.3, -0.25) is 9.59 Å². The van der Waals surface area contributed by atoms with Gasteiger partial charge in [-0.2, -0.15) is 0 Å². The summed E-state index contributed by atoms with van der Waals surface area (Å²) in [6.07, 6.45) is 0.844. The van der Waals surface area contributed by atoms with Crippen LogP contribution in [-0.2, 0) is 20.9 Å². The Balaban J connectivity index is 1.70. The van der Waals surface area contributed by atoms with E-state index in [1.807, 2.05) is 48.5 Å². The molecule has 0 aromatic heterocycles. The third-order valence-corrected chi connectivity index (χ3v) is 4.49. The van der Waals surface area contributed by atoms with Crippen LogP contribution in [0.25, 0.3) is 0 Å². The molecule has 25 heavy (non-hydrogen) atoms. The number of carbonyl (C=O) groups is 2. The topological polar surface area (TPSA) is 46.6 Å². The lowest BCUT2D eigenvalue weighted by atomic mass is 10.1. The molecule has 1 fully saturated rings.